The zero-order valence-electron chi connectivity index (χ0n) is 17.0. The number of pyridine rings is 1. The monoisotopic (exact) mass is 428 g/mol. The second kappa shape index (κ2) is 6.76. The molecule has 0 amide bonds. The lowest BCUT2D eigenvalue weighted by atomic mass is 9.96. The summed E-state index contributed by atoms with van der Waals surface area (Å²) in [6, 6.07) is 2.36. The Hall–Kier alpha value is -2.99. The van der Waals surface area contributed by atoms with Gasteiger partial charge in [0.15, 0.2) is 0 Å². The van der Waals surface area contributed by atoms with Crippen molar-refractivity contribution in [1.82, 2.24) is 9.88 Å². The van der Waals surface area contributed by atoms with Crippen molar-refractivity contribution in [3.8, 4) is 6.07 Å². The topological polar surface area (TPSA) is 98.4 Å². The number of nitrogens with zero attached hydrogens (tertiary/aromatic N) is 3. The number of aromatic carboxylic acids is 1. The third kappa shape index (κ3) is 2.92. The van der Waals surface area contributed by atoms with Crippen LogP contribution < -0.4 is 15.6 Å². The van der Waals surface area contributed by atoms with Gasteiger partial charge in [0.25, 0.3) is 0 Å². The highest BCUT2D eigenvalue weighted by Gasteiger charge is 2.50. The second-order valence-electron chi connectivity index (χ2n) is 8.83. The fourth-order valence-electron chi connectivity index (χ4n) is 5.16. The molecule has 3 aliphatic rings. The first kappa shape index (κ1) is 19.9. The minimum absolute atomic E-state index is 0.0434. The molecule has 0 radical (unpaired) electrons. The van der Waals surface area contributed by atoms with Crippen molar-refractivity contribution in [2.45, 2.75) is 43.4 Å². The van der Waals surface area contributed by atoms with E-state index >= 15 is 4.39 Å². The molecule has 1 aliphatic heterocycles. The Morgan fingerprint density at radius 1 is 1.42 bits per heavy atom. The van der Waals surface area contributed by atoms with Gasteiger partial charge in [0, 0.05) is 31.2 Å². The number of carbonyl (C=O) groups is 1. The molecule has 0 bridgehead atoms. The molecule has 7 nitrogen and oxygen atoms in total. The average Bonchev–Trinajstić information content (AvgIpc) is 3.64. The van der Waals surface area contributed by atoms with Crippen LogP contribution in [0.5, 0.6) is 0 Å². The van der Waals surface area contributed by atoms with Crippen LogP contribution in [0, 0.1) is 23.1 Å². The molecule has 5 rings (SSSR count). The number of rotatable bonds is 5. The highest BCUT2D eigenvalue weighted by Crippen LogP contribution is 2.48. The number of benzene rings is 1. The fraction of sp³-hybridized carbons (Fsp3) is 0.500. The van der Waals surface area contributed by atoms with Gasteiger partial charge in [-0.25, -0.2) is 13.6 Å². The van der Waals surface area contributed by atoms with Crippen LogP contribution in [0.4, 0.5) is 14.5 Å². The summed E-state index contributed by atoms with van der Waals surface area (Å²) in [5, 5.41) is 22.5. The molecule has 2 aromatic rings. The predicted molar refractivity (Wildman–Crippen MR) is 110 cm³/mol. The van der Waals surface area contributed by atoms with Gasteiger partial charge in [-0.3, -0.25) is 4.79 Å². The van der Waals surface area contributed by atoms with E-state index in [-0.39, 0.29) is 34.1 Å². The highest BCUT2D eigenvalue weighted by atomic mass is 19.1. The first-order valence-electron chi connectivity index (χ1n) is 10.4. The van der Waals surface area contributed by atoms with Crippen LogP contribution in [-0.4, -0.2) is 47.5 Å². The molecular weight excluding hydrogens is 406 g/mol. The number of aromatic nitrogens is 1. The van der Waals surface area contributed by atoms with Crippen molar-refractivity contribution in [3.63, 3.8) is 0 Å². The van der Waals surface area contributed by atoms with Gasteiger partial charge in [-0.2, -0.15) is 5.26 Å². The van der Waals surface area contributed by atoms with Crippen molar-refractivity contribution >= 4 is 22.6 Å². The maximum atomic E-state index is 15.3. The molecule has 0 spiro atoms. The van der Waals surface area contributed by atoms with Crippen LogP contribution in [0.3, 0.4) is 0 Å². The van der Waals surface area contributed by atoms with Crippen LogP contribution in [0.15, 0.2) is 17.1 Å². The van der Waals surface area contributed by atoms with Gasteiger partial charge < -0.3 is 19.9 Å². The molecule has 1 aromatic heterocycles. The van der Waals surface area contributed by atoms with E-state index < -0.39 is 35.0 Å². The second-order valence-corrected chi connectivity index (χ2v) is 8.83. The molecule has 2 heterocycles. The van der Waals surface area contributed by atoms with E-state index in [0.717, 1.165) is 31.5 Å². The first-order chi connectivity index (χ1) is 14.8. The van der Waals surface area contributed by atoms with E-state index in [4.69, 9.17) is 0 Å². The maximum Gasteiger partial charge on any atom is 0.341 e. The van der Waals surface area contributed by atoms with E-state index in [1.807, 2.05) is 18.0 Å². The number of halogens is 2. The zero-order valence-corrected chi connectivity index (χ0v) is 17.0. The van der Waals surface area contributed by atoms with E-state index in [1.54, 1.807) is 0 Å². The molecule has 1 aromatic carbocycles. The summed E-state index contributed by atoms with van der Waals surface area (Å²) in [6.07, 6.45) is 3.02. The Kier molecular flexibility index (Phi) is 4.35. The van der Waals surface area contributed by atoms with Crippen LogP contribution in [0.2, 0.25) is 0 Å². The van der Waals surface area contributed by atoms with E-state index in [0.29, 0.717) is 19.0 Å². The van der Waals surface area contributed by atoms with Crippen LogP contribution in [0.1, 0.15) is 47.6 Å². The number of fused-ring (bicyclic) bond motifs is 1. The highest BCUT2D eigenvalue weighted by molar-refractivity contribution is 5.96. The Bertz CT molecular complexity index is 1210. The Morgan fingerprint density at radius 3 is 2.68 bits per heavy atom. The summed E-state index contributed by atoms with van der Waals surface area (Å²) in [7, 11) is 1.93. The summed E-state index contributed by atoms with van der Waals surface area (Å²) in [5.74, 6) is -1.89. The van der Waals surface area contributed by atoms with Gasteiger partial charge in [-0.1, -0.05) is 0 Å². The normalized spacial score (nSPS) is 26.1. The quantitative estimate of drug-likeness (QED) is 0.760. The summed E-state index contributed by atoms with van der Waals surface area (Å²) in [5.41, 5.74) is -1.20. The van der Waals surface area contributed by atoms with Crippen molar-refractivity contribution in [2.24, 2.45) is 5.92 Å². The number of carboxylic acid groups (broad SMARTS) is 1. The number of hydrogen-bond acceptors (Lipinski definition) is 5. The molecule has 2 saturated carbocycles. The molecular formula is C22H22F2N4O3. The third-order valence-corrected chi connectivity index (χ3v) is 7.19. The maximum absolute atomic E-state index is 15.3. The minimum atomic E-state index is -1.47. The van der Waals surface area contributed by atoms with Gasteiger partial charge in [0.1, 0.15) is 29.2 Å². The molecule has 31 heavy (non-hydrogen) atoms. The number of anilines is 1. The third-order valence-electron chi connectivity index (χ3n) is 7.19. The zero-order chi connectivity index (χ0) is 22.1. The molecule has 9 heteroatoms. The largest absolute Gasteiger partial charge is 0.477 e. The summed E-state index contributed by atoms with van der Waals surface area (Å²) in [4.78, 5) is 26.1. The molecule has 2 N–H and O–H groups in total. The van der Waals surface area contributed by atoms with Gasteiger partial charge in [0.2, 0.25) is 5.43 Å². The lowest BCUT2D eigenvalue weighted by Crippen LogP contribution is -2.37. The SMILES string of the molecule is CNC1(C2CCN(c3c(F)cc4c(=O)c(C(=O)O)cn(C5CC5F)c4c3C#N)C2)CC1. The summed E-state index contributed by atoms with van der Waals surface area (Å²) in [6.45, 7) is 1.14. The Morgan fingerprint density at radius 2 is 2.13 bits per heavy atom. The molecule has 3 fully saturated rings. The van der Waals surface area contributed by atoms with E-state index in [2.05, 4.69) is 5.32 Å². The van der Waals surface area contributed by atoms with Gasteiger partial charge in [-0.05, 0) is 38.3 Å². The first-order valence-corrected chi connectivity index (χ1v) is 10.4. The minimum Gasteiger partial charge on any atom is -0.477 e. The van der Waals surface area contributed by atoms with Crippen LogP contribution in [-0.2, 0) is 0 Å². The van der Waals surface area contributed by atoms with E-state index in [1.165, 1.54) is 4.57 Å². The lowest BCUT2D eigenvalue weighted by Gasteiger charge is -2.25. The standard InChI is InChI=1S/C22H22F2N4O3/c1-26-22(3-4-22)11-2-5-27(9-11)19-13(8-25)18-12(6-16(19)24)20(29)14(21(30)31)10-28(18)17-7-15(17)23/h6,10-11,15,17,26H,2-5,7,9H2,1H3,(H,30,31). The predicted octanol–water partition coefficient (Wildman–Crippen LogP) is 2.57. The average molecular weight is 428 g/mol. The molecule has 2 aliphatic carbocycles. The summed E-state index contributed by atoms with van der Waals surface area (Å²) < 4.78 is 30.6. The molecule has 162 valence electrons. The van der Waals surface area contributed by atoms with Crippen molar-refractivity contribution in [3.05, 3.63) is 39.4 Å². The van der Waals surface area contributed by atoms with Crippen LogP contribution in [0.25, 0.3) is 10.9 Å². The molecule has 1 saturated heterocycles. The molecule has 3 unspecified atom stereocenters. The van der Waals surface area contributed by atoms with Gasteiger partial charge >= 0.3 is 5.97 Å². The van der Waals surface area contributed by atoms with Crippen LogP contribution >= 0.6 is 0 Å². The number of hydrogen-bond donors (Lipinski definition) is 2. The Balaban J connectivity index is 1.70. The number of nitriles is 1. The van der Waals surface area contributed by atoms with Gasteiger partial charge in [0.05, 0.1) is 22.6 Å². The van der Waals surface area contributed by atoms with E-state index in [9.17, 15) is 24.3 Å². The molecule has 3 atom stereocenters. The Labute approximate surface area is 176 Å². The van der Waals surface area contributed by atoms with Crippen molar-refractivity contribution in [1.29, 1.82) is 5.26 Å². The lowest BCUT2D eigenvalue weighted by molar-refractivity contribution is 0.0694. The summed E-state index contributed by atoms with van der Waals surface area (Å²) >= 11 is 0. The van der Waals surface area contributed by atoms with Gasteiger partial charge in [-0.15, -0.1) is 0 Å². The smallest absolute Gasteiger partial charge is 0.341 e. The number of nitrogens with one attached hydrogen (secondary N) is 1. The fourth-order valence-corrected chi connectivity index (χ4v) is 5.16. The van der Waals surface area contributed by atoms with Crippen molar-refractivity contribution < 1.29 is 18.7 Å². The number of alkyl halides is 1. The number of carboxylic acids is 1. The van der Waals surface area contributed by atoms with Crippen molar-refractivity contribution in [2.75, 3.05) is 25.0 Å².